The van der Waals surface area contributed by atoms with E-state index in [-0.39, 0.29) is 0 Å². The van der Waals surface area contributed by atoms with Crippen LogP contribution in [0.3, 0.4) is 0 Å². The summed E-state index contributed by atoms with van der Waals surface area (Å²) >= 11 is 0. The van der Waals surface area contributed by atoms with Crippen LogP contribution in [0.2, 0.25) is 0 Å². The molecule has 102 valence electrons. The van der Waals surface area contributed by atoms with E-state index >= 15 is 0 Å². The van der Waals surface area contributed by atoms with Gasteiger partial charge in [-0.15, -0.1) is 0 Å². The number of ether oxygens (including phenoxy) is 1. The van der Waals surface area contributed by atoms with Crippen LogP contribution in [0, 0.1) is 0 Å². The predicted molar refractivity (Wildman–Crippen MR) is 73.5 cm³/mol. The van der Waals surface area contributed by atoms with Crippen molar-refractivity contribution in [3.63, 3.8) is 0 Å². The molecule has 2 N–H and O–H groups in total. The predicted octanol–water partition coefficient (Wildman–Crippen LogP) is 1.23. The Hall–Kier alpha value is -2.31. The van der Waals surface area contributed by atoms with Crippen LogP contribution in [0.4, 0.5) is 11.6 Å². The topological polar surface area (TPSA) is 76.9 Å². The Labute approximate surface area is 112 Å². The molecule has 0 amide bonds. The minimum absolute atomic E-state index is 0.634. The quantitative estimate of drug-likeness (QED) is 0.781. The third-order valence-corrected chi connectivity index (χ3v) is 2.57. The smallest absolute Gasteiger partial charge is 0.204 e. The second-order valence-corrected chi connectivity index (χ2v) is 3.86. The second kappa shape index (κ2) is 6.58. The van der Waals surface area contributed by atoms with E-state index in [9.17, 15) is 0 Å². The molecule has 0 radical (unpaired) electrons. The number of imidazole rings is 1. The molecule has 0 saturated carbocycles. The molecular weight excluding hydrogens is 244 g/mol. The number of aromatic nitrogens is 4. The summed E-state index contributed by atoms with van der Waals surface area (Å²) in [5.74, 6) is 2.02. The van der Waals surface area contributed by atoms with E-state index in [2.05, 4.69) is 25.6 Å². The number of anilines is 2. The molecule has 0 aliphatic carbocycles. The van der Waals surface area contributed by atoms with Crippen molar-refractivity contribution in [1.82, 2.24) is 19.5 Å². The monoisotopic (exact) mass is 262 g/mol. The second-order valence-electron chi connectivity index (χ2n) is 3.86. The van der Waals surface area contributed by atoms with E-state index in [0.29, 0.717) is 17.4 Å². The lowest BCUT2D eigenvalue weighted by Crippen LogP contribution is -2.12. The summed E-state index contributed by atoms with van der Waals surface area (Å²) in [7, 11) is 1.61. The molecule has 2 rings (SSSR count). The maximum Gasteiger partial charge on any atom is 0.204 e. The molecule has 2 aromatic heterocycles. The van der Waals surface area contributed by atoms with Gasteiger partial charge in [-0.1, -0.05) is 0 Å². The van der Waals surface area contributed by atoms with Crippen LogP contribution >= 0.6 is 0 Å². The van der Waals surface area contributed by atoms with Crippen molar-refractivity contribution in [3.8, 4) is 5.75 Å². The fourth-order valence-electron chi connectivity index (χ4n) is 1.71. The van der Waals surface area contributed by atoms with Crippen molar-refractivity contribution in [1.29, 1.82) is 0 Å². The van der Waals surface area contributed by atoms with Gasteiger partial charge in [0.1, 0.15) is 6.33 Å². The summed E-state index contributed by atoms with van der Waals surface area (Å²) in [4.78, 5) is 12.3. The van der Waals surface area contributed by atoms with E-state index in [1.165, 1.54) is 6.33 Å². The summed E-state index contributed by atoms with van der Waals surface area (Å²) in [5, 5.41) is 6.38. The summed E-state index contributed by atoms with van der Waals surface area (Å²) in [6.45, 7) is 4.33. The zero-order chi connectivity index (χ0) is 13.5. The number of nitrogens with zero attached hydrogens (tertiary/aromatic N) is 4. The molecule has 0 atom stereocenters. The molecule has 19 heavy (non-hydrogen) atoms. The normalized spacial score (nSPS) is 10.2. The van der Waals surface area contributed by atoms with Crippen LogP contribution in [0.25, 0.3) is 0 Å². The molecule has 0 bridgehead atoms. The molecule has 7 nitrogen and oxygen atoms in total. The first-order chi connectivity index (χ1) is 9.35. The molecule has 0 fully saturated rings. The number of rotatable bonds is 7. The van der Waals surface area contributed by atoms with Gasteiger partial charge in [0, 0.05) is 32.0 Å². The van der Waals surface area contributed by atoms with Crippen LogP contribution in [-0.4, -0.2) is 39.7 Å². The van der Waals surface area contributed by atoms with Gasteiger partial charge in [-0.05, 0) is 6.92 Å². The zero-order valence-corrected chi connectivity index (χ0v) is 11.1. The third-order valence-electron chi connectivity index (χ3n) is 2.57. The average molecular weight is 262 g/mol. The third kappa shape index (κ3) is 3.34. The molecule has 2 heterocycles. The van der Waals surface area contributed by atoms with Gasteiger partial charge in [0.2, 0.25) is 5.75 Å². The molecule has 0 unspecified atom stereocenters. The first-order valence-corrected chi connectivity index (χ1v) is 6.17. The first-order valence-electron chi connectivity index (χ1n) is 6.17. The van der Waals surface area contributed by atoms with E-state index in [4.69, 9.17) is 4.74 Å². The van der Waals surface area contributed by atoms with Crippen molar-refractivity contribution in [3.05, 3.63) is 25.0 Å². The highest BCUT2D eigenvalue weighted by atomic mass is 16.5. The van der Waals surface area contributed by atoms with Crippen molar-refractivity contribution in [2.45, 2.75) is 13.5 Å². The number of hydrogen-bond acceptors (Lipinski definition) is 6. The fraction of sp³-hybridized carbons (Fsp3) is 0.417. The van der Waals surface area contributed by atoms with Gasteiger partial charge in [0.15, 0.2) is 11.6 Å². The number of nitrogens with one attached hydrogen (secondary N) is 2. The fourth-order valence-corrected chi connectivity index (χ4v) is 1.71. The lowest BCUT2D eigenvalue weighted by Gasteiger charge is -2.13. The lowest BCUT2D eigenvalue weighted by molar-refractivity contribution is 0.414. The first kappa shape index (κ1) is 13.1. The Bertz CT molecular complexity index is 499. The Balaban J connectivity index is 2.00. The van der Waals surface area contributed by atoms with Gasteiger partial charge < -0.3 is 19.9 Å². The number of hydrogen-bond donors (Lipinski definition) is 2. The van der Waals surface area contributed by atoms with Gasteiger partial charge in [0.25, 0.3) is 0 Å². The summed E-state index contributed by atoms with van der Waals surface area (Å²) in [6, 6.07) is 0. The van der Waals surface area contributed by atoms with E-state index in [1.807, 2.05) is 17.7 Å². The Kier molecular flexibility index (Phi) is 4.54. The summed E-state index contributed by atoms with van der Waals surface area (Å²) in [5.41, 5.74) is 0. The van der Waals surface area contributed by atoms with Crippen molar-refractivity contribution in [2.24, 2.45) is 0 Å². The highest BCUT2D eigenvalue weighted by Crippen LogP contribution is 2.28. The molecule has 0 saturated heterocycles. The Morgan fingerprint density at radius 1 is 1.26 bits per heavy atom. The summed E-state index contributed by atoms with van der Waals surface area (Å²) in [6.07, 6.45) is 6.97. The average Bonchev–Trinajstić information content (AvgIpc) is 2.93. The lowest BCUT2D eigenvalue weighted by atomic mass is 10.4. The molecule has 0 aromatic carbocycles. The van der Waals surface area contributed by atoms with Gasteiger partial charge in [-0.25, -0.2) is 15.0 Å². The van der Waals surface area contributed by atoms with Gasteiger partial charge in [0.05, 0.1) is 13.4 Å². The molecular formula is C12H18N6O. The van der Waals surface area contributed by atoms with Crippen molar-refractivity contribution < 1.29 is 4.74 Å². The van der Waals surface area contributed by atoms with Crippen LogP contribution in [0.5, 0.6) is 5.75 Å². The van der Waals surface area contributed by atoms with Gasteiger partial charge in [-0.3, -0.25) is 0 Å². The minimum atomic E-state index is 0.634. The van der Waals surface area contributed by atoms with E-state index in [1.54, 1.807) is 19.6 Å². The van der Waals surface area contributed by atoms with Crippen molar-refractivity contribution >= 4 is 11.6 Å². The van der Waals surface area contributed by atoms with E-state index in [0.717, 1.165) is 19.6 Å². The van der Waals surface area contributed by atoms with E-state index < -0.39 is 0 Å². The standard InChI is InChI=1S/C12H18N6O/c1-3-14-11-10(19-2)12(17-8-16-11)15-5-7-18-6-4-13-9-18/h4,6,8-9H,3,5,7H2,1-2H3,(H2,14,15,16,17). The zero-order valence-electron chi connectivity index (χ0n) is 11.1. The highest BCUT2D eigenvalue weighted by Gasteiger charge is 2.10. The summed E-state index contributed by atoms with van der Waals surface area (Å²) < 4.78 is 7.34. The maximum absolute atomic E-state index is 5.35. The van der Waals surface area contributed by atoms with Gasteiger partial charge >= 0.3 is 0 Å². The van der Waals surface area contributed by atoms with Crippen LogP contribution < -0.4 is 15.4 Å². The minimum Gasteiger partial charge on any atom is -0.490 e. The SMILES string of the molecule is CCNc1ncnc(NCCn2ccnc2)c1OC. The Morgan fingerprint density at radius 3 is 2.68 bits per heavy atom. The Morgan fingerprint density at radius 2 is 2.05 bits per heavy atom. The number of methoxy groups -OCH3 is 1. The maximum atomic E-state index is 5.35. The van der Waals surface area contributed by atoms with Gasteiger partial charge in [-0.2, -0.15) is 0 Å². The highest BCUT2D eigenvalue weighted by molar-refractivity contribution is 5.63. The molecule has 2 aromatic rings. The van der Waals surface area contributed by atoms with Crippen LogP contribution in [0.1, 0.15) is 6.92 Å². The van der Waals surface area contributed by atoms with Crippen LogP contribution in [-0.2, 0) is 6.54 Å². The molecule has 0 aliphatic heterocycles. The molecule has 0 spiro atoms. The largest absolute Gasteiger partial charge is 0.490 e. The van der Waals surface area contributed by atoms with Crippen LogP contribution in [0.15, 0.2) is 25.0 Å². The molecule has 0 aliphatic rings. The van der Waals surface area contributed by atoms with Crippen molar-refractivity contribution in [2.75, 3.05) is 30.8 Å². The molecule has 7 heteroatoms.